The second-order valence-electron chi connectivity index (χ2n) is 5.21. The van der Waals surface area contributed by atoms with Gasteiger partial charge in [-0.15, -0.1) is 0 Å². The highest BCUT2D eigenvalue weighted by atomic mass is 32.1. The van der Waals surface area contributed by atoms with Crippen LogP contribution in [-0.2, 0) is 16.0 Å². The van der Waals surface area contributed by atoms with Crippen molar-refractivity contribution in [3.63, 3.8) is 0 Å². The van der Waals surface area contributed by atoms with Crippen LogP contribution in [0.1, 0.15) is 16.1 Å². The fourth-order valence-corrected chi connectivity index (χ4v) is 2.78. The van der Waals surface area contributed by atoms with Crippen molar-refractivity contribution < 1.29 is 14.4 Å². The second kappa shape index (κ2) is 7.61. The first-order valence-electron chi connectivity index (χ1n) is 7.42. The number of nitrogens with zero attached hydrogens (tertiary/aromatic N) is 4. The first kappa shape index (κ1) is 17.4. The minimum absolute atomic E-state index is 0.0301. The number of ketones is 1. The minimum atomic E-state index is -1.13. The third kappa shape index (κ3) is 3.78. The van der Waals surface area contributed by atoms with Crippen LogP contribution in [0.2, 0.25) is 0 Å². The van der Waals surface area contributed by atoms with Crippen LogP contribution in [-0.4, -0.2) is 47.3 Å². The lowest BCUT2D eigenvalue weighted by Crippen LogP contribution is -2.47. The number of H-pyrrole nitrogens is 1. The molecule has 0 aliphatic rings. The summed E-state index contributed by atoms with van der Waals surface area (Å²) in [6.07, 6.45) is 6.44. The van der Waals surface area contributed by atoms with E-state index in [4.69, 9.17) is 5.73 Å². The molecule has 2 amide bonds. The number of hydrogen-bond donors (Lipinski definition) is 3. The average molecular weight is 371 g/mol. The predicted octanol–water partition coefficient (Wildman–Crippen LogP) is -0.281. The molecule has 132 valence electrons. The van der Waals surface area contributed by atoms with E-state index >= 15 is 0 Å². The van der Waals surface area contributed by atoms with Crippen molar-refractivity contribution in [3.8, 4) is 11.5 Å². The number of Topliss-reactive ketones (excluding diaryl/α,β-unsaturated/α-hetero) is 1. The van der Waals surface area contributed by atoms with E-state index < -0.39 is 23.6 Å². The molecular formula is C15H13N7O3S. The molecule has 0 fully saturated rings. The Morgan fingerprint density at radius 1 is 1.23 bits per heavy atom. The number of aromatic nitrogens is 5. The van der Waals surface area contributed by atoms with Gasteiger partial charge in [-0.05, 0) is 17.7 Å². The number of primary amides is 1. The third-order valence-electron chi connectivity index (χ3n) is 3.45. The van der Waals surface area contributed by atoms with Gasteiger partial charge >= 0.3 is 0 Å². The number of nitrogens with two attached hydrogens (primary N) is 1. The SMILES string of the molecule is NC(=O)C(=O)C(Cc1cc[nH]c1)NC(=O)c1nsnc1-c1ncccn1. The Bertz CT molecular complexity index is 924. The van der Waals surface area contributed by atoms with Crippen molar-refractivity contribution in [2.24, 2.45) is 5.73 Å². The molecule has 3 aromatic rings. The molecule has 1 atom stereocenters. The number of rotatable bonds is 7. The van der Waals surface area contributed by atoms with E-state index in [0.29, 0.717) is 0 Å². The van der Waals surface area contributed by atoms with Gasteiger partial charge in [0.15, 0.2) is 17.2 Å². The topological polar surface area (TPSA) is 157 Å². The molecule has 0 aromatic carbocycles. The van der Waals surface area contributed by atoms with Crippen LogP contribution in [0.5, 0.6) is 0 Å². The molecule has 0 radical (unpaired) electrons. The number of hydrogen-bond acceptors (Lipinski definition) is 8. The lowest BCUT2D eigenvalue weighted by molar-refractivity contribution is -0.137. The summed E-state index contributed by atoms with van der Waals surface area (Å²) in [6, 6.07) is 2.23. The smallest absolute Gasteiger partial charge is 0.287 e. The van der Waals surface area contributed by atoms with Crippen molar-refractivity contribution in [3.05, 3.63) is 48.2 Å². The summed E-state index contributed by atoms with van der Waals surface area (Å²) in [5.74, 6) is -2.47. The van der Waals surface area contributed by atoms with Crippen LogP contribution < -0.4 is 11.1 Å². The predicted molar refractivity (Wildman–Crippen MR) is 90.9 cm³/mol. The summed E-state index contributed by atoms with van der Waals surface area (Å²) in [5.41, 5.74) is 5.98. The summed E-state index contributed by atoms with van der Waals surface area (Å²) < 4.78 is 7.99. The van der Waals surface area contributed by atoms with Crippen molar-refractivity contribution >= 4 is 29.3 Å². The molecule has 1 unspecified atom stereocenters. The monoisotopic (exact) mass is 371 g/mol. The normalized spacial score (nSPS) is 11.7. The molecule has 11 heteroatoms. The van der Waals surface area contributed by atoms with Gasteiger partial charge in [-0.25, -0.2) is 9.97 Å². The van der Waals surface area contributed by atoms with E-state index in [2.05, 4.69) is 29.0 Å². The van der Waals surface area contributed by atoms with E-state index in [0.717, 1.165) is 17.3 Å². The Labute approximate surface area is 151 Å². The number of amides is 2. The fraction of sp³-hybridized carbons (Fsp3) is 0.133. The first-order chi connectivity index (χ1) is 12.6. The molecule has 0 aliphatic carbocycles. The van der Waals surface area contributed by atoms with Crippen LogP contribution in [0, 0.1) is 0 Å². The van der Waals surface area contributed by atoms with Gasteiger partial charge in [-0.2, -0.15) is 8.75 Å². The molecule has 3 rings (SSSR count). The first-order valence-corrected chi connectivity index (χ1v) is 8.15. The Kier molecular flexibility index (Phi) is 5.08. The zero-order chi connectivity index (χ0) is 18.5. The fourth-order valence-electron chi connectivity index (χ4n) is 2.23. The Hall–Kier alpha value is -3.47. The zero-order valence-corrected chi connectivity index (χ0v) is 14.1. The Morgan fingerprint density at radius 2 is 2.00 bits per heavy atom. The lowest BCUT2D eigenvalue weighted by Gasteiger charge is -2.15. The van der Waals surface area contributed by atoms with Crippen LogP contribution in [0.25, 0.3) is 11.5 Å². The maximum Gasteiger partial charge on any atom is 0.287 e. The maximum absolute atomic E-state index is 12.6. The molecule has 3 heterocycles. The van der Waals surface area contributed by atoms with Gasteiger partial charge in [0, 0.05) is 31.2 Å². The molecule has 0 saturated carbocycles. The van der Waals surface area contributed by atoms with Gasteiger partial charge in [0.25, 0.3) is 11.8 Å². The number of carbonyl (C=O) groups excluding carboxylic acids is 3. The van der Waals surface area contributed by atoms with Crippen molar-refractivity contribution in [2.75, 3.05) is 0 Å². The molecule has 0 aliphatic heterocycles. The molecular weight excluding hydrogens is 358 g/mol. The van der Waals surface area contributed by atoms with Gasteiger partial charge in [0.1, 0.15) is 6.04 Å². The van der Waals surface area contributed by atoms with Gasteiger partial charge in [-0.1, -0.05) is 0 Å². The van der Waals surface area contributed by atoms with Gasteiger partial charge < -0.3 is 16.0 Å². The maximum atomic E-state index is 12.6. The third-order valence-corrected chi connectivity index (χ3v) is 3.98. The number of carbonyl (C=O) groups is 3. The summed E-state index contributed by atoms with van der Waals surface area (Å²) in [6.45, 7) is 0. The van der Waals surface area contributed by atoms with E-state index in [1.165, 1.54) is 12.4 Å². The molecule has 3 aromatic heterocycles. The Balaban J connectivity index is 1.83. The summed E-state index contributed by atoms with van der Waals surface area (Å²) in [5, 5.41) is 2.49. The quantitative estimate of drug-likeness (QED) is 0.482. The van der Waals surface area contributed by atoms with Crippen LogP contribution in [0.4, 0.5) is 0 Å². The highest BCUT2D eigenvalue weighted by molar-refractivity contribution is 6.99. The molecule has 26 heavy (non-hydrogen) atoms. The van der Waals surface area contributed by atoms with Crippen LogP contribution in [0.3, 0.4) is 0 Å². The summed E-state index contributed by atoms with van der Waals surface area (Å²) in [7, 11) is 0. The summed E-state index contributed by atoms with van der Waals surface area (Å²) in [4.78, 5) is 46.9. The average Bonchev–Trinajstić information content (AvgIpc) is 3.32. The lowest BCUT2D eigenvalue weighted by atomic mass is 10.0. The van der Waals surface area contributed by atoms with E-state index in [9.17, 15) is 14.4 Å². The van der Waals surface area contributed by atoms with Crippen LogP contribution in [0.15, 0.2) is 36.9 Å². The van der Waals surface area contributed by atoms with Gasteiger partial charge in [0.2, 0.25) is 5.78 Å². The largest absolute Gasteiger partial charge is 0.367 e. The minimum Gasteiger partial charge on any atom is -0.367 e. The van der Waals surface area contributed by atoms with Crippen molar-refractivity contribution in [1.82, 2.24) is 29.0 Å². The number of nitrogens with one attached hydrogen (secondary N) is 2. The highest BCUT2D eigenvalue weighted by Crippen LogP contribution is 2.17. The van der Waals surface area contributed by atoms with E-state index in [-0.39, 0.29) is 23.6 Å². The molecule has 0 spiro atoms. The standard InChI is InChI=1S/C15H13N7O3S/c16-13(24)12(23)9(6-8-2-5-17-7-8)20-15(25)11-10(21-26-22-11)14-18-3-1-4-19-14/h1-5,7,9,17H,6H2,(H2,16,24)(H,20,25). The summed E-state index contributed by atoms with van der Waals surface area (Å²) >= 11 is 0.814. The van der Waals surface area contributed by atoms with Crippen molar-refractivity contribution in [1.29, 1.82) is 0 Å². The van der Waals surface area contributed by atoms with E-state index in [1.54, 1.807) is 24.5 Å². The zero-order valence-electron chi connectivity index (χ0n) is 13.2. The Morgan fingerprint density at radius 3 is 2.65 bits per heavy atom. The van der Waals surface area contributed by atoms with Crippen LogP contribution >= 0.6 is 11.7 Å². The molecule has 10 nitrogen and oxygen atoms in total. The second-order valence-corrected chi connectivity index (χ2v) is 5.74. The molecule has 0 bridgehead atoms. The van der Waals surface area contributed by atoms with E-state index in [1.807, 2.05) is 0 Å². The molecule has 4 N–H and O–H groups in total. The van der Waals surface area contributed by atoms with Gasteiger partial charge in [0.05, 0.1) is 11.7 Å². The van der Waals surface area contributed by atoms with Gasteiger partial charge in [-0.3, -0.25) is 14.4 Å². The molecule has 0 saturated heterocycles. The van der Waals surface area contributed by atoms with Crippen molar-refractivity contribution in [2.45, 2.75) is 12.5 Å². The highest BCUT2D eigenvalue weighted by Gasteiger charge is 2.28. The number of aromatic amines is 1.